The van der Waals surface area contributed by atoms with Crippen LogP contribution in [0.1, 0.15) is 72.4 Å². The van der Waals surface area contributed by atoms with Crippen molar-refractivity contribution in [2.24, 2.45) is 0 Å². The van der Waals surface area contributed by atoms with Gasteiger partial charge < -0.3 is 4.57 Å². The second-order valence-electron chi connectivity index (χ2n) is 12.2. The molecule has 180 valence electrons. The van der Waals surface area contributed by atoms with Gasteiger partial charge in [0.1, 0.15) is 0 Å². The Morgan fingerprint density at radius 3 is 2.03 bits per heavy atom. The molecule has 0 N–H and O–H groups in total. The standard InChI is InChI=1S/C26H41N7/c1-23(2,3)33-19-26(20-33,8-12-28)32-18-22(29-21-32)17-24(4,5)30-15-9-25(7-11-27,10-16-30)31-13-6-14-31/h18,21H,6-10,13-17,19-20H2,1-5H3. The van der Waals surface area contributed by atoms with Crippen LogP contribution in [0.2, 0.25) is 0 Å². The molecule has 4 heterocycles. The lowest BCUT2D eigenvalue weighted by molar-refractivity contribution is -0.0469. The second kappa shape index (κ2) is 8.69. The molecule has 0 amide bonds. The number of hydrogen-bond donors (Lipinski definition) is 0. The second-order valence-corrected chi connectivity index (χ2v) is 12.2. The maximum absolute atomic E-state index is 9.49. The van der Waals surface area contributed by atoms with Crippen LogP contribution in [-0.4, -0.2) is 80.1 Å². The molecule has 7 heteroatoms. The van der Waals surface area contributed by atoms with E-state index in [-0.39, 0.29) is 22.2 Å². The summed E-state index contributed by atoms with van der Waals surface area (Å²) in [5.74, 6) is 0. The van der Waals surface area contributed by atoms with Crippen LogP contribution in [0, 0.1) is 22.7 Å². The molecule has 3 fully saturated rings. The van der Waals surface area contributed by atoms with Gasteiger partial charge >= 0.3 is 0 Å². The van der Waals surface area contributed by atoms with E-state index < -0.39 is 0 Å². The summed E-state index contributed by atoms with van der Waals surface area (Å²) in [6.07, 6.45) is 9.61. The van der Waals surface area contributed by atoms with E-state index in [4.69, 9.17) is 4.98 Å². The molecule has 1 aromatic heterocycles. The minimum Gasteiger partial charge on any atom is -0.327 e. The van der Waals surface area contributed by atoms with Crippen LogP contribution >= 0.6 is 0 Å². The quantitative estimate of drug-likeness (QED) is 0.633. The first-order valence-electron chi connectivity index (χ1n) is 12.6. The van der Waals surface area contributed by atoms with Gasteiger partial charge in [0.15, 0.2) is 0 Å². The molecule has 3 saturated heterocycles. The summed E-state index contributed by atoms with van der Waals surface area (Å²) in [5, 5.41) is 18.9. The number of rotatable bonds is 7. The Bertz CT molecular complexity index is 908. The summed E-state index contributed by atoms with van der Waals surface area (Å²) in [5.41, 5.74) is 1.16. The summed E-state index contributed by atoms with van der Waals surface area (Å²) >= 11 is 0. The molecule has 33 heavy (non-hydrogen) atoms. The molecular weight excluding hydrogens is 410 g/mol. The van der Waals surface area contributed by atoms with Gasteiger partial charge in [0.2, 0.25) is 0 Å². The molecular formula is C26H41N7. The zero-order chi connectivity index (χ0) is 23.9. The summed E-state index contributed by atoms with van der Waals surface area (Å²) in [7, 11) is 0. The van der Waals surface area contributed by atoms with Crippen LogP contribution in [-0.2, 0) is 12.0 Å². The highest BCUT2D eigenvalue weighted by molar-refractivity contribution is 5.14. The molecule has 4 rings (SSSR count). The van der Waals surface area contributed by atoms with E-state index in [9.17, 15) is 10.5 Å². The normalized spacial score (nSPS) is 23.8. The van der Waals surface area contributed by atoms with Crippen LogP contribution in [0.25, 0.3) is 0 Å². The van der Waals surface area contributed by atoms with Crippen molar-refractivity contribution in [1.82, 2.24) is 24.3 Å². The maximum atomic E-state index is 9.49. The van der Waals surface area contributed by atoms with Crippen LogP contribution in [0.5, 0.6) is 0 Å². The average Bonchev–Trinajstić information content (AvgIpc) is 3.10. The molecule has 0 saturated carbocycles. The number of nitriles is 2. The van der Waals surface area contributed by atoms with E-state index in [2.05, 4.69) is 72.2 Å². The van der Waals surface area contributed by atoms with E-state index in [1.807, 2.05) is 6.33 Å². The lowest BCUT2D eigenvalue weighted by Crippen LogP contribution is -2.67. The van der Waals surface area contributed by atoms with Gasteiger partial charge in [-0.1, -0.05) is 0 Å². The summed E-state index contributed by atoms with van der Waals surface area (Å²) in [6, 6.07) is 4.89. The number of aromatic nitrogens is 2. The van der Waals surface area contributed by atoms with Crippen LogP contribution < -0.4 is 0 Å². The SMILES string of the molecule is CC(C)(C)N1CC(CC#N)(n2cnc(CC(C)(C)N3CCC(CC#N)(N4CCC4)CC3)c2)C1. The Hall–Kier alpha value is -1.93. The number of nitrogens with zero attached hydrogens (tertiary/aromatic N) is 7. The first kappa shape index (κ1) is 24.2. The Kier molecular flexibility index (Phi) is 6.37. The van der Waals surface area contributed by atoms with Gasteiger partial charge in [-0.05, 0) is 67.0 Å². The number of imidazole rings is 1. The van der Waals surface area contributed by atoms with Crippen molar-refractivity contribution in [2.45, 2.75) is 95.3 Å². The van der Waals surface area contributed by atoms with E-state index in [1.54, 1.807) is 0 Å². The fraction of sp³-hybridized carbons (Fsp3) is 0.808. The minimum atomic E-state index is -0.156. The Morgan fingerprint density at radius 1 is 0.909 bits per heavy atom. The van der Waals surface area contributed by atoms with Crippen molar-refractivity contribution < 1.29 is 0 Å². The highest BCUT2D eigenvalue weighted by atomic mass is 15.3. The first-order valence-corrected chi connectivity index (χ1v) is 12.6. The van der Waals surface area contributed by atoms with Crippen LogP contribution in [0.4, 0.5) is 0 Å². The van der Waals surface area contributed by atoms with Crippen molar-refractivity contribution in [3.63, 3.8) is 0 Å². The third kappa shape index (κ3) is 4.56. The van der Waals surface area contributed by atoms with Crippen molar-refractivity contribution in [3.05, 3.63) is 18.2 Å². The third-order valence-corrected chi connectivity index (χ3v) is 8.61. The van der Waals surface area contributed by atoms with Crippen molar-refractivity contribution >= 4 is 0 Å². The van der Waals surface area contributed by atoms with E-state index in [0.717, 1.165) is 64.2 Å². The van der Waals surface area contributed by atoms with Crippen LogP contribution in [0.15, 0.2) is 12.5 Å². The summed E-state index contributed by atoms with van der Waals surface area (Å²) < 4.78 is 2.21. The zero-order valence-electron chi connectivity index (χ0n) is 21.3. The lowest BCUT2D eigenvalue weighted by atomic mass is 9.79. The highest BCUT2D eigenvalue weighted by Gasteiger charge is 2.48. The Balaban J connectivity index is 1.40. The van der Waals surface area contributed by atoms with Gasteiger partial charge in [-0.2, -0.15) is 10.5 Å². The predicted octanol–water partition coefficient (Wildman–Crippen LogP) is 3.38. The first-order chi connectivity index (χ1) is 15.5. The van der Waals surface area contributed by atoms with Crippen molar-refractivity contribution in [2.75, 3.05) is 39.3 Å². The predicted molar refractivity (Wildman–Crippen MR) is 129 cm³/mol. The molecule has 7 nitrogen and oxygen atoms in total. The Labute approximate surface area is 200 Å². The summed E-state index contributed by atoms with van der Waals surface area (Å²) in [4.78, 5) is 12.4. The molecule has 0 bridgehead atoms. The van der Waals surface area contributed by atoms with Gasteiger partial charge in [0.05, 0.1) is 42.5 Å². The fourth-order valence-corrected chi connectivity index (χ4v) is 5.99. The largest absolute Gasteiger partial charge is 0.327 e. The number of hydrogen-bond acceptors (Lipinski definition) is 6. The van der Waals surface area contributed by atoms with Gasteiger partial charge in [-0.15, -0.1) is 0 Å². The molecule has 0 unspecified atom stereocenters. The molecule has 0 aliphatic carbocycles. The van der Waals surface area contributed by atoms with Crippen molar-refractivity contribution in [1.29, 1.82) is 10.5 Å². The molecule has 3 aliphatic rings. The van der Waals surface area contributed by atoms with Gasteiger partial charge in [0, 0.05) is 55.4 Å². The van der Waals surface area contributed by atoms with Crippen LogP contribution in [0.3, 0.4) is 0 Å². The molecule has 0 radical (unpaired) electrons. The molecule has 0 atom stereocenters. The third-order valence-electron chi connectivity index (χ3n) is 8.61. The monoisotopic (exact) mass is 451 g/mol. The van der Waals surface area contributed by atoms with E-state index in [0.29, 0.717) is 12.8 Å². The number of likely N-dealkylation sites (tertiary alicyclic amines) is 3. The Morgan fingerprint density at radius 2 is 1.52 bits per heavy atom. The molecule has 0 aromatic carbocycles. The van der Waals surface area contributed by atoms with Gasteiger partial charge in [-0.25, -0.2) is 4.98 Å². The summed E-state index contributed by atoms with van der Waals surface area (Å²) in [6.45, 7) is 17.5. The smallest absolute Gasteiger partial charge is 0.0955 e. The molecule has 3 aliphatic heterocycles. The highest BCUT2D eigenvalue weighted by Crippen LogP contribution is 2.39. The fourth-order valence-electron chi connectivity index (χ4n) is 5.99. The maximum Gasteiger partial charge on any atom is 0.0955 e. The number of piperidine rings is 1. The van der Waals surface area contributed by atoms with Crippen molar-refractivity contribution in [3.8, 4) is 12.1 Å². The lowest BCUT2D eigenvalue weighted by Gasteiger charge is -2.55. The van der Waals surface area contributed by atoms with Gasteiger partial charge in [0.25, 0.3) is 0 Å². The van der Waals surface area contributed by atoms with E-state index >= 15 is 0 Å². The van der Waals surface area contributed by atoms with Gasteiger partial charge in [-0.3, -0.25) is 14.7 Å². The average molecular weight is 452 g/mol. The molecule has 0 spiro atoms. The zero-order valence-corrected chi connectivity index (χ0v) is 21.3. The minimum absolute atomic E-state index is 0.00633. The van der Waals surface area contributed by atoms with E-state index in [1.165, 1.54) is 6.42 Å². The molecule has 1 aromatic rings. The topological polar surface area (TPSA) is 75.1 Å².